The normalized spacial score (nSPS) is 35.6. The van der Waals surface area contributed by atoms with E-state index in [1.807, 2.05) is 12.1 Å². The number of nitrogens with zero attached hydrogens (tertiary/aromatic N) is 1. The lowest BCUT2D eigenvalue weighted by molar-refractivity contribution is -0.154. The number of fused-ring (bicyclic) bond motifs is 9. The van der Waals surface area contributed by atoms with Gasteiger partial charge in [0.1, 0.15) is 6.04 Å². The Hall–Kier alpha value is -2.39. The van der Waals surface area contributed by atoms with E-state index in [0.717, 1.165) is 32.4 Å². The lowest BCUT2D eigenvalue weighted by Gasteiger charge is -2.43. The van der Waals surface area contributed by atoms with Gasteiger partial charge in [0.25, 0.3) is 0 Å². The zero-order chi connectivity index (χ0) is 22.5. The van der Waals surface area contributed by atoms with Crippen LogP contribution in [0.5, 0.6) is 0 Å². The van der Waals surface area contributed by atoms with Crippen LogP contribution in [-0.4, -0.2) is 44.1 Å². The number of carboxylic acids is 1. The van der Waals surface area contributed by atoms with E-state index in [9.17, 15) is 24.3 Å². The minimum Gasteiger partial charge on any atom is -0.480 e. The minimum atomic E-state index is -1.16. The highest BCUT2D eigenvalue weighted by Gasteiger charge is 2.70. The first-order valence-corrected chi connectivity index (χ1v) is 12.5. The largest absolute Gasteiger partial charge is 0.480 e. The van der Waals surface area contributed by atoms with Crippen molar-refractivity contribution in [1.29, 1.82) is 0 Å². The van der Waals surface area contributed by atoms with Crippen LogP contribution in [0.25, 0.3) is 0 Å². The highest BCUT2D eigenvalue weighted by Crippen LogP contribution is 2.68. The second kappa shape index (κ2) is 6.81. The van der Waals surface area contributed by atoms with Crippen LogP contribution in [0.2, 0.25) is 0 Å². The Kier molecular flexibility index (Phi) is 4.30. The van der Waals surface area contributed by atoms with Gasteiger partial charge >= 0.3 is 10.8 Å². The number of hydrogen-bond donors (Lipinski definition) is 2. The summed E-state index contributed by atoms with van der Waals surface area (Å²) < 4.78 is 0. The second-order valence-corrected chi connectivity index (χ2v) is 11.6. The van der Waals surface area contributed by atoms with Gasteiger partial charge in [0, 0.05) is 16.0 Å². The third-order valence-corrected chi connectivity index (χ3v) is 10.6. The van der Waals surface area contributed by atoms with Crippen molar-refractivity contribution in [1.82, 2.24) is 9.88 Å². The van der Waals surface area contributed by atoms with Crippen molar-refractivity contribution in [3.05, 3.63) is 49.9 Å². The first-order valence-electron chi connectivity index (χ1n) is 10.8. The standard InChI is InChI=1S/C23H22N2O5S2/c1-8-5-3-4-6-10(8)13-14-11-7-12(17(14)31-19-18(13)32-23(30)24-19)16-15(11)20(26)25(21(16)27)9(2)22(28)29/h3-6,9,11-17H,7H2,1-2H3,(H,24,30)(H,28,29)/t9?,11?,12?,13?,14-,15?,16?,17?/m0/s1. The number of aliphatic carboxylic acids is 1. The van der Waals surface area contributed by atoms with Gasteiger partial charge in [-0.15, -0.1) is 11.8 Å². The zero-order valence-corrected chi connectivity index (χ0v) is 19.1. The first-order chi connectivity index (χ1) is 15.3. The van der Waals surface area contributed by atoms with Gasteiger partial charge in [0.15, 0.2) is 0 Å². The maximum absolute atomic E-state index is 13.3. The average Bonchev–Trinajstić information content (AvgIpc) is 3.47. The van der Waals surface area contributed by atoms with Gasteiger partial charge in [-0.05, 0) is 49.1 Å². The molecule has 2 aliphatic heterocycles. The molecule has 2 bridgehead atoms. The fourth-order valence-electron chi connectivity index (χ4n) is 6.82. The number of likely N-dealkylation sites (tertiary alicyclic amines) is 1. The van der Waals surface area contributed by atoms with Gasteiger partial charge in [-0.25, -0.2) is 4.79 Å². The summed E-state index contributed by atoms with van der Waals surface area (Å²) in [5.41, 5.74) is 2.31. The second-order valence-electron chi connectivity index (χ2n) is 9.38. The molecule has 2 N–H and O–H groups in total. The Bertz CT molecular complexity index is 1230. The number of nitrogens with one attached hydrogen (secondary N) is 1. The quantitative estimate of drug-likeness (QED) is 0.668. The van der Waals surface area contributed by atoms with Gasteiger partial charge < -0.3 is 10.1 Å². The van der Waals surface area contributed by atoms with Crippen LogP contribution in [-0.2, 0) is 14.4 Å². The van der Waals surface area contributed by atoms with Crippen molar-refractivity contribution >= 4 is 40.9 Å². The number of carbonyl (C=O) groups is 3. The molecule has 7 unspecified atom stereocenters. The van der Waals surface area contributed by atoms with Crippen LogP contribution >= 0.6 is 23.1 Å². The monoisotopic (exact) mass is 470 g/mol. The summed E-state index contributed by atoms with van der Waals surface area (Å²) in [5, 5.41) is 10.4. The van der Waals surface area contributed by atoms with Gasteiger partial charge in [0.2, 0.25) is 11.8 Å². The maximum Gasteiger partial charge on any atom is 0.326 e. The molecule has 0 radical (unpaired) electrons. The molecule has 6 rings (SSSR count). The van der Waals surface area contributed by atoms with Gasteiger partial charge in [-0.2, -0.15) is 0 Å². The van der Waals surface area contributed by atoms with Crippen LogP contribution in [0, 0.1) is 36.5 Å². The van der Waals surface area contributed by atoms with Crippen molar-refractivity contribution in [2.75, 3.05) is 0 Å². The predicted molar refractivity (Wildman–Crippen MR) is 119 cm³/mol. The SMILES string of the molecule is Cc1ccccc1C1c2sc(=O)[nH]c2SC2C3CC(C4C(=O)N(C(C)C(=O)O)C(=O)C34)[C@@H]12. The van der Waals surface area contributed by atoms with Crippen molar-refractivity contribution < 1.29 is 19.5 Å². The molecule has 166 valence electrons. The number of amides is 2. The van der Waals surface area contributed by atoms with E-state index in [2.05, 4.69) is 24.0 Å². The molecule has 1 saturated heterocycles. The summed E-state index contributed by atoms with van der Waals surface area (Å²) in [6.45, 7) is 3.47. The third kappa shape index (κ3) is 2.49. The minimum absolute atomic E-state index is 0.0000898. The number of hydrogen-bond acceptors (Lipinski definition) is 6. The van der Waals surface area contributed by atoms with Gasteiger partial charge in [0.05, 0.1) is 16.9 Å². The molecule has 0 spiro atoms. The van der Waals surface area contributed by atoms with Crippen molar-refractivity contribution in [2.45, 2.75) is 42.5 Å². The number of carbonyl (C=O) groups excluding carboxylic acids is 2. The molecule has 32 heavy (non-hydrogen) atoms. The molecule has 4 aliphatic rings. The molecule has 8 atom stereocenters. The number of benzene rings is 1. The van der Waals surface area contributed by atoms with E-state index < -0.39 is 23.8 Å². The van der Waals surface area contributed by atoms with Gasteiger partial charge in [-0.3, -0.25) is 19.3 Å². The molecule has 2 aliphatic carbocycles. The Morgan fingerprint density at radius 2 is 1.84 bits per heavy atom. The van der Waals surface area contributed by atoms with E-state index in [4.69, 9.17) is 0 Å². The Morgan fingerprint density at radius 3 is 2.53 bits per heavy atom. The summed E-state index contributed by atoms with van der Waals surface area (Å²) in [6.07, 6.45) is 0.798. The summed E-state index contributed by atoms with van der Waals surface area (Å²) in [6, 6.07) is 7.02. The fourth-order valence-corrected chi connectivity index (χ4v) is 9.70. The molecule has 2 saturated carbocycles. The smallest absolute Gasteiger partial charge is 0.326 e. The van der Waals surface area contributed by atoms with Crippen LogP contribution in [0.1, 0.15) is 35.3 Å². The number of aromatic nitrogens is 1. The average molecular weight is 471 g/mol. The van der Waals surface area contributed by atoms with Crippen molar-refractivity contribution in [2.24, 2.45) is 29.6 Å². The summed E-state index contributed by atoms with van der Waals surface area (Å²) in [4.78, 5) is 55.4. The Balaban J connectivity index is 1.47. The fraction of sp³-hybridized carbons (Fsp3) is 0.478. The van der Waals surface area contributed by atoms with Crippen LogP contribution < -0.4 is 4.87 Å². The number of imide groups is 1. The number of thioether (sulfide) groups is 1. The topological polar surface area (TPSA) is 108 Å². The molecule has 9 heteroatoms. The molecule has 2 aromatic rings. The Morgan fingerprint density at radius 1 is 1.16 bits per heavy atom. The van der Waals surface area contributed by atoms with E-state index in [-0.39, 0.29) is 45.6 Å². The van der Waals surface area contributed by atoms with E-state index in [0.29, 0.717) is 0 Å². The molecule has 3 heterocycles. The molecule has 1 aromatic heterocycles. The zero-order valence-electron chi connectivity index (χ0n) is 17.5. The predicted octanol–water partition coefficient (Wildman–Crippen LogP) is 2.69. The molecule has 3 fully saturated rings. The highest BCUT2D eigenvalue weighted by atomic mass is 32.2. The summed E-state index contributed by atoms with van der Waals surface area (Å²) in [7, 11) is 0. The summed E-state index contributed by atoms with van der Waals surface area (Å²) >= 11 is 2.88. The Labute approximate surface area is 192 Å². The molecular weight excluding hydrogens is 448 g/mol. The van der Waals surface area contributed by atoms with Gasteiger partial charge in [-0.1, -0.05) is 35.6 Å². The summed E-state index contributed by atoms with van der Waals surface area (Å²) in [5.74, 6) is -2.61. The maximum atomic E-state index is 13.3. The van der Waals surface area contributed by atoms with Crippen LogP contribution in [0.4, 0.5) is 0 Å². The lowest BCUT2D eigenvalue weighted by Crippen LogP contribution is -2.44. The van der Waals surface area contributed by atoms with E-state index in [1.165, 1.54) is 18.3 Å². The number of carboxylic acid groups (broad SMARTS) is 1. The number of aromatic amines is 1. The third-order valence-electron chi connectivity index (χ3n) is 8.03. The molecule has 1 aromatic carbocycles. The number of aryl methyl sites for hydroxylation is 1. The lowest BCUT2D eigenvalue weighted by atomic mass is 9.67. The van der Waals surface area contributed by atoms with Crippen LogP contribution in [0.3, 0.4) is 0 Å². The van der Waals surface area contributed by atoms with E-state index >= 15 is 0 Å². The number of H-pyrrole nitrogens is 1. The number of thiazole rings is 1. The molecule has 2 amide bonds. The first kappa shape index (κ1) is 20.2. The molecule has 7 nitrogen and oxygen atoms in total. The van der Waals surface area contributed by atoms with Crippen LogP contribution in [0.15, 0.2) is 34.1 Å². The van der Waals surface area contributed by atoms with Crippen molar-refractivity contribution in [3.8, 4) is 0 Å². The van der Waals surface area contributed by atoms with Crippen molar-refractivity contribution in [3.63, 3.8) is 0 Å². The highest BCUT2D eigenvalue weighted by molar-refractivity contribution is 8.00. The molecular formula is C23H22N2O5S2. The number of rotatable bonds is 3. The van der Waals surface area contributed by atoms with E-state index in [1.54, 1.807) is 11.8 Å².